The van der Waals surface area contributed by atoms with Crippen molar-refractivity contribution in [2.75, 3.05) is 32.6 Å². The molecule has 3 aromatic rings. The lowest BCUT2D eigenvalue weighted by Gasteiger charge is -2.11. The molecule has 3 rings (SSSR count). The highest BCUT2D eigenvalue weighted by Gasteiger charge is 2.10. The number of thiazole rings is 1. The maximum atomic E-state index is 12.1. The van der Waals surface area contributed by atoms with Gasteiger partial charge in [0.15, 0.2) is 5.13 Å². The van der Waals surface area contributed by atoms with Crippen molar-refractivity contribution in [1.29, 1.82) is 0 Å². The number of carbonyl (C=O) groups excluding carboxylic acids is 1. The molecule has 2 heterocycles. The second-order valence-corrected chi connectivity index (χ2v) is 6.74. The summed E-state index contributed by atoms with van der Waals surface area (Å²) in [5.74, 6) is 0.561. The number of amides is 1. The smallest absolute Gasteiger partial charge is 0.276 e. The third kappa shape index (κ3) is 4.87. The van der Waals surface area contributed by atoms with E-state index >= 15 is 0 Å². The SMILES string of the molecule is CN(C)CCOc1ccc(-c2csc(NC(=O)c3ccccn3)n2)cc1. The van der Waals surface area contributed by atoms with Crippen LogP contribution >= 0.6 is 11.3 Å². The van der Waals surface area contributed by atoms with Crippen LogP contribution < -0.4 is 10.1 Å². The van der Waals surface area contributed by atoms with E-state index in [-0.39, 0.29) is 5.91 Å². The molecule has 0 bridgehead atoms. The standard InChI is InChI=1S/C19H20N4O2S/c1-23(2)11-12-25-15-8-6-14(7-9-15)17-13-26-19(21-17)22-18(24)16-5-3-4-10-20-16/h3-10,13H,11-12H2,1-2H3,(H,21,22,24). The van der Waals surface area contributed by atoms with E-state index < -0.39 is 0 Å². The average molecular weight is 368 g/mol. The molecule has 2 aromatic heterocycles. The van der Waals surface area contributed by atoms with Gasteiger partial charge >= 0.3 is 0 Å². The van der Waals surface area contributed by atoms with Gasteiger partial charge < -0.3 is 9.64 Å². The first kappa shape index (κ1) is 18.0. The Labute approximate surface area is 156 Å². The first-order valence-electron chi connectivity index (χ1n) is 8.18. The van der Waals surface area contributed by atoms with E-state index in [2.05, 4.69) is 20.2 Å². The van der Waals surface area contributed by atoms with Crippen LogP contribution in [0.15, 0.2) is 54.0 Å². The van der Waals surface area contributed by atoms with Gasteiger partial charge in [-0.3, -0.25) is 15.1 Å². The molecule has 0 spiro atoms. The minimum absolute atomic E-state index is 0.267. The predicted molar refractivity (Wildman–Crippen MR) is 104 cm³/mol. The molecule has 0 saturated heterocycles. The Hall–Kier alpha value is -2.77. The third-order valence-electron chi connectivity index (χ3n) is 3.58. The van der Waals surface area contributed by atoms with Crippen molar-refractivity contribution >= 4 is 22.4 Å². The maximum Gasteiger partial charge on any atom is 0.276 e. The van der Waals surface area contributed by atoms with Crippen molar-refractivity contribution in [2.24, 2.45) is 0 Å². The molecule has 6 nitrogen and oxygen atoms in total. The summed E-state index contributed by atoms with van der Waals surface area (Å²) in [7, 11) is 4.03. The van der Waals surface area contributed by atoms with Gasteiger partial charge in [-0.1, -0.05) is 6.07 Å². The summed E-state index contributed by atoms with van der Waals surface area (Å²) >= 11 is 1.38. The fourth-order valence-corrected chi connectivity index (χ4v) is 2.90. The van der Waals surface area contributed by atoms with Gasteiger partial charge in [-0.05, 0) is 50.5 Å². The van der Waals surface area contributed by atoms with Gasteiger partial charge in [-0.2, -0.15) is 0 Å². The van der Waals surface area contributed by atoms with Crippen LogP contribution in [0.1, 0.15) is 10.5 Å². The highest BCUT2D eigenvalue weighted by molar-refractivity contribution is 7.14. The number of hydrogen-bond donors (Lipinski definition) is 1. The second-order valence-electron chi connectivity index (χ2n) is 5.88. The fraction of sp³-hybridized carbons (Fsp3) is 0.211. The van der Waals surface area contributed by atoms with Crippen LogP contribution in [0.4, 0.5) is 5.13 Å². The number of benzene rings is 1. The molecule has 0 aliphatic heterocycles. The van der Waals surface area contributed by atoms with Crippen LogP contribution in [0.3, 0.4) is 0 Å². The molecule has 0 aliphatic rings. The Morgan fingerprint density at radius 3 is 2.69 bits per heavy atom. The van der Waals surface area contributed by atoms with Crippen molar-refractivity contribution in [3.63, 3.8) is 0 Å². The Morgan fingerprint density at radius 2 is 2.00 bits per heavy atom. The third-order valence-corrected chi connectivity index (χ3v) is 4.34. The Kier molecular flexibility index (Phi) is 5.93. The molecule has 7 heteroatoms. The zero-order chi connectivity index (χ0) is 18.4. The van der Waals surface area contributed by atoms with Crippen molar-refractivity contribution in [1.82, 2.24) is 14.9 Å². The molecule has 0 saturated carbocycles. The summed E-state index contributed by atoms with van der Waals surface area (Å²) in [6.07, 6.45) is 1.59. The van der Waals surface area contributed by atoms with Crippen LogP contribution in [0.2, 0.25) is 0 Å². The largest absolute Gasteiger partial charge is 0.492 e. The van der Waals surface area contributed by atoms with E-state index in [0.717, 1.165) is 23.6 Å². The number of aromatic nitrogens is 2. The van der Waals surface area contributed by atoms with Gasteiger partial charge in [0, 0.05) is 23.7 Å². The highest BCUT2D eigenvalue weighted by atomic mass is 32.1. The van der Waals surface area contributed by atoms with E-state index in [1.807, 2.05) is 43.7 Å². The minimum Gasteiger partial charge on any atom is -0.492 e. The van der Waals surface area contributed by atoms with Crippen LogP contribution in [0.5, 0.6) is 5.75 Å². The number of ether oxygens (including phenoxy) is 1. The molecular weight excluding hydrogens is 348 g/mol. The van der Waals surface area contributed by atoms with Crippen molar-refractivity contribution < 1.29 is 9.53 Å². The Morgan fingerprint density at radius 1 is 1.19 bits per heavy atom. The molecule has 0 unspecified atom stereocenters. The van der Waals surface area contributed by atoms with Gasteiger partial charge in [-0.25, -0.2) is 4.98 Å². The highest BCUT2D eigenvalue weighted by Crippen LogP contribution is 2.26. The summed E-state index contributed by atoms with van der Waals surface area (Å²) in [6, 6.07) is 13.0. The molecule has 0 fully saturated rings. The lowest BCUT2D eigenvalue weighted by atomic mass is 10.2. The lowest BCUT2D eigenvalue weighted by molar-refractivity contribution is 0.102. The molecule has 0 atom stereocenters. The first-order valence-corrected chi connectivity index (χ1v) is 9.05. The van der Waals surface area contributed by atoms with Crippen molar-refractivity contribution in [3.8, 4) is 17.0 Å². The Balaban J connectivity index is 1.61. The van der Waals surface area contributed by atoms with Gasteiger partial charge in [0.2, 0.25) is 0 Å². The topological polar surface area (TPSA) is 67.3 Å². The number of nitrogens with zero attached hydrogens (tertiary/aromatic N) is 3. The number of pyridine rings is 1. The summed E-state index contributed by atoms with van der Waals surface area (Å²) in [5, 5.41) is 5.23. The van der Waals surface area contributed by atoms with Crippen LogP contribution in [-0.2, 0) is 0 Å². The van der Waals surface area contributed by atoms with Crippen LogP contribution in [-0.4, -0.2) is 48.0 Å². The number of carbonyl (C=O) groups is 1. The van der Waals surface area contributed by atoms with E-state index in [9.17, 15) is 4.79 Å². The molecule has 0 radical (unpaired) electrons. The minimum atomic E-state index is -0.267. The quantitative estimate of drug-likeness (QED) is 0.692. The van der Waals surface area contributed by atoms with Gasteiger partial charge in [0.25, 0.3) is 5.91 Å². The summed E-state index contributed by atoms with van der Waals surface area (Å²) in [4.78, 5) is 22.7. The molecule has 1 amide bonds. The zero-order valence-corrected chi connectivity index (χ0v) is 15.5. The Bertz CT molecular complexity index is 847. The average Bonchev–Trinajstić information content (AvgIpc) is 3.11. The van der Waals surface area contributed by atoms with Crippen molar-refractivity contribution in [2.45, 2.75) is 0 Å². The summed E-state index contributed by atoms with van der Waals surface area (Å²) < 4.78 is 5.69. The van der Waals surface area contributed by atoms with Crippen LogP contribution in [0.25, 0.3) is 11.3 Å². The van der Waals surface area contributed by atoms with Crippen LogP contribution in [0, 0.1) is 0 Å². The fourth-order valence-electron chi connectivity index (χ4n) is 2.19. The number of hydrogen-bond acceptors (Lipinski definition) is 6. The molecule has 134 valence electrons. The lowest BCUT2D eigenvalue weighted by Crippen LogP contribution is -2.19. The summed E-state index contributed by atoms with van der Waals surface area (Å²) in [5.41, 5.74) is 2.15. The predicted octanol–water partition coefficient (Wildman–Crippen LogP) is 3.40. The molecule has 26 heavy (non-hydrogen) atoms. The van der Waals surface area contributed by atoms with E-state index in [0.29, 0.717) is 17.4 Å². The number of anilines is 1. The van der Waals surface area contributed by atoms with Crippen molar-refractivity contribution in [3.05, 3.63) is 59.7 Å². The van der Waals surface area contributed by atoms with Gasteiger partial charge in [0.1, 0.15) is 18.1 Å². The molecule has 1 N–H and O–H groups in total. The first-order chi connectivity index (χ1) is 12.6. The normalized spacial score (nSPS) is 10.7. The van der Waals surface area contributed by atoms with Gasteiger partial charge in [0.05, 0.1) is 5.69 Å². The molecule has 1 aromatic carbocycles. The summed E-state index contributed by atoms with van der Waals surface area (Å²) in [6.45, 7) is 1.51. The second kappa shape index (κ2) is 8.55. The number of rotatable bonds is 7. The van der Waals surface area contributed by atoms with Gasteiger partial charge in [-0.15, -0.1) is 11.3 Å². The van der Waals surface area contributed by atoms with E-state index in [4.69, 9.17) is 4.74 Å². The van der Waals surface area contributed by atoms with E-state index in [1.54, 1.807) is 24.4 Å². The monoisotopic (exact) mass is 368 g/mol. The van der Waals surface area contributed by atoms with E-state index in [1.165, 1.54) is 11.3 Å². The number of likely N-dealkylation sites (N-methyl/N-ethyl adjacent to an activating group) is 1. The zero-order valence-electron chi connectivity index (χ0n) is 14.7. The molecule has 0 aliphatic carbocycles. The number of nitrogens with one attached hydrogen (secondary N) is 1. The maximum absolute atomic E-state index is 12.1. The molecular formula is C19H20N4O2S.